The van der Waals surface area contributed by atoms with Gasteiger partial charge in [-0.25, -0.2) is 4.79 Å². The van der Waals surface area contributed by atoms with Crippen molar-refractivity contribution >= 4 is 17.6 Å². The number of carbonyl (C=O) groups is 2. The number of urea groups is 1. The second-order valence-electron chi connectivity index (χ2n) is 7.05. The van der Waals surface area contributed by atoms with Crippen molar-refractivity contribution in [3.63, 3.8) is 0 Å². The predicted octanol–water partition coefficient (Wildman–Crippen LogP) is 2.65. The number of rotatable bonds is 2. The first-order valence-corrected chi connectivity index (χ1v) is 8.83. The molecule has 0 atom stereocenters. The van der Waals surface area contributed by atoms with Gasteiger partial charge in [0.1, 0.15) is 6.54 Å². The molecule has 1 aromatic carbocycles. The highest BCUT2D eigenvalue weighted by Crippen LogP contribution is 2.35. The van der Waals surface area contributed by atoms with Gasteiger partial charge in [0.25, 0.3) is 0 Å². The molecule has 6 heteroatoms. The van der Waals surface area contributed by atoms with Crippen molar-refractivity contribution in [1.29, 1.82) is 5.26 Å². The van der Waals surface area contributed by atoms with Gasteiger partial charge in [0.2, 0.25) is 5.91 Å². The average Bonchev–Trinajstić information content (AvgIpc) is 2.78. The van der Waals surface area contributed by atoms with E-state index in [9.17, 15) is 14.9 Å². The van der Waals surface area contributed by atoms with Gasteiger partial charge in [-0.2, -0.15) is 5.26 Å². The fraction of sp³-hybridized carbons (Fsp3) is 0.526. The quantitative estimate of drug-likeness (QED) is 0.899. The Balaban J connectivity index is 1.70. The molecule has 1 fully saturated rings. The largest absolute Gasteiger partial charge is 0.336 e. The minimum Gasteiger partial charge on any atom is -0.336 e. The van der Waals surface area contributed by atoms with E-state index in [-0.39, 0.29) is 18.5 Å². The van der Waals surface area contributed by atoms with Crippen LogP contribution in [0.25, 0.3) is 0 Å². The van der Waals surface area contributed by atoms with Crippen LogP contribution in [0, 0.1) is 16.7 Å². The highest BCUT2D eigenvalue weighted by atomic mass is 16.2. The minimum atomic E-state index is -0.460. The van der Waals surface area contributed by atoms with E-state index in [1.807, 2.05) is 24.3 Å². The van der Waals surface area contributed by atoms with Crippen molar-refractivity contribution in [1.82, 2.24) is 10.2 Å². The summed E-state index contributed by atoms with van der Waals surface area (Å²) < 4.78 is 0. The average molecular weight is 340 g/mol. The number of nitriles is 1. The minimum absolute atomic E-state index is 0.0383. The molecule has 1 aliphatic heterocycles. The first-order chi connectivity index (χ1) is 12.0. The van der Waals surface area contributed by atoms with E-state index >= 15 is 0 Å². The zero-order chi connectivity index (χ0) is 17.9. The first-order valence-electron chi connectivity index (χ1n) is 8.83. The Kier molecular flexibility index (Phi) is 4.93. The van der Waals surface area contributed by atoms with Crippen molar-refractivity contribution in [3.05, 3.63) is 29.8 Å². The number of fused-ring (bicyclic) bond motifs is 1. The van der Waals surface area contributed by atoms with E-state index in [0.717, 1.165) is 43.4 Å². The molecule has 6 nitrogen and oxygen atoms in total. The lowest BCUT2D eigenvalue weighted by Crippen LogP contribution is -2.47. The van der Waals surface area contributed by atoms with Crippen LogP contribution in [0.3, 0.4) is 0 Å². The summed E-state index contributed by atoms with van der Waals surface area (Å²) >= 11 is 0. The Bertz CT molecular complexity index is 704. The van der Waals surface area contributed by atoms with Crippen LogP contribution in [0.2, 0.25) is 0 Å². The van der Waals surface area contributed by atoms with Gasteiger partial charge in [0.15, 0.2) is 0 Å². The number of hydrogen-bond acceptors (Lipinski definition) is 3. The van der Waals surface area contributed by atoms with Gasteiger partial charge in [-0.15, -0.1) is 0 Å². The molecular weight excluding hydrogens is 316 g/mol. The lowest BCUT2D eigenvalue weighted by atomic mass is 9.75. The number of carbonyl (C=O) groups excluding carboxylic acids is 2. The molecule has 0 spiro atoms. The van der Waals surface area contributed by atoms with Crippen LogP contribution in [0.1, 0.15) is 37.7 Å². The second kappa shape index (κ2) is 7.14. The molecule has 0 aromatic heterocycles. The summed E-state index contributed by atoms with van der Waals surface area (Å²) in [7, 11) is 1.73. The number of nitrogens with zero attached hydrogens (tertiary/aromatic N) is 3. The SMILES string of the molecule is CN1C(=O)CN(C(=O)NCC2(C#N)CCCCC2)Cc2ccccc21. The normalized spacial score (nSPS) is 19.6. The summed E-state index contributed by atoms with van der Waals surface area (Å²) in [5, 5.41) is 12.4. The van der Waals surface area contributed by atoms with E-state index in [4.69, 9.17) is 0 Å². The van der Waals surface area contributed by atoms with Crippen LogP contribution in [0.5, 0.6) is 0 Å². The van der Waals surface area contributed by atoms with E-state index in [0.29, 0.717) is 13.1 Å². The zero-order valence-electron chi connectivity index (χ0n) is 14.6. The Hall–Kier alpha value is -2.55. The molecule has 3 amide bonds. The van der Waals surface area contributed by atoms with Crippen LogP contribution >= 0.6 is 0 Å². The number of amides is 3. The summed E-state index contributed by atoms with van der Waals surface area (Å²) in [6.45, 7) is 0.777. The lowest BCUT2D eigenvalue weighted by Gasteiger charge is -2.31. The van der Waals surface area contributed by atoms with Crippen molar-refractivity contribution in [2.24, 2.45) is 5.41 Å². The third-order valence-corrected chi connectivity index (χ3v) is 5.33. The molecular formula is C19H24N4O2. The molecule has 0 unspecified atom stereocenters. The highest BCUT2D eigenvalue weighted by molar-refractivity contribution is 5.97. The molecule has 1 heterocycles. The maximum Gasteiger partial charge on any atom is 0.318 e. The Labute approximate surface area is 148 Å². The van der Waals surface area contributed by atoms with Gasteiger partial charge >= 0.3 is 6.03 Å². The van der Waals surface area contributed by atoms with Crippen LogP contribution in [0.4, 0.5) is 10.5 Å². The smallest absolute Gasteiger partial charge is 0.318 e. The van der Waals surface area contributed by atoms with Crippen molar-refractivity contribution in [2.45, 2.75) is 38.6 Å². The molecule has 1 aliphatic carbocycles. The number of likely N-dealkylation sites (N-methyl/N-ethyl adjacent to an activating group) is 1. The number of para-hydroxylation sites is 1. The Morgan fingerprint density at radius 2 is 1.96 bits per heavy atom. The third-order valence-electron chi connectivity index (χ3n) is 5.33. The molecule has 0 bridgehead atoms. The fourth-order valence-electron chi connectivity index (χ4n) is 3.69. The topological polar surface area (TPSA) is 76.4 Å². The van der Waals surface area contributed by atoms with Crippen molar-refractivity contribution < 1.29 is 9.59 Å². The standard InChI is InChI=1S/C19H24N4O2/c1-22-16-8-4-3-7-15(16)11-23(12-17(22)24)18(25)21-14-19(13-20)9-5-2-6-10-19/h3-4,7-8H,2,5-6,9-12,14H2,1H3,(H,21,25). The summed E-state index contributed by atoms with van der Waals surface area (Å²) in [6, 6.07) is 9.75. The van der Waals surface area contributed by atoms with E-state index in [1.54, 1.807) is 11.9 Å². The van der Waals surface area contributed by atoms with Crippen LogP contribution in [0.15, 0.2) is 24.3 Å². The van der Waals surface area contributed by atoms with Gasteiger partial charge < -0.3 is 15.1 Å². The van der Waals surface area contributed by atoms with Gasteiger partial charge in [-0.05, 0) is 24.5 Å². The number of hydrogen-bond donors (Lipinski definition) is 1. The fourth-order valence-corrected chi connectivity index (χ4v) is 3.69. The zero-order valence-corrected chi connectivity index (χ0v) is 14.6. The van der Waals surface area contributed by atoms with Crippen LogP contribution in [-0.2, 0) is 11.3 Å². The Morgan fingerprint density at radius 3 is 2.68 bits per heavy atom. The third kappa shape index (κ3) is 3.60. The van der Waals surface area contributed by atoms with Crippen LogP contribution < -0.4 is 10.2 Å². The summed E-state index contributed by atoms with van der Waals surface area (Å²) in [4.78, 5) is 28.1. The van der Waals surface area contributed by atoms with Gasteiger partial charge in [-0.3, -0.25) is 4.79 Å². The lowest BCUT2D eigenvalue weighted by molar-refractivity contribution is -0.118. The molecule has 1 aromatic rings. The molecule has 132 valence electrons. The second-order valence-corrected chi connectivity index (χ2v) is 7.05. The molecule has 0 radical (unpaired) electrons. The van der Waals surface area contributed by atoms with Crippen molar-refractivity contribution in [2.75, 3.05) is 25.0 Å². The maximum absolute atomic E-state index is 12.6. The molecule has 1 saturated carbocycles. The molecule has 3 rings (SSSR count). The monoisotopic (exact) mass is 340 g/mol. The number of anilines is 1. The summed E-state index contributed by atoms with van der Waals surface area (Å²) in [5.74, 6) is -0.118. The summed E-state index contributed by atoms with van der Waals surface area (Å²) in [6.07, 6.45) is 4.87. The summed E-state index contributed by atoms with van der Waals surface area (Å²) in [5.41, 5.74) is 1.32. The van der Waals surface area contributed by atoms with Gasteiger partial charge in [0.05, 0.1) is 18.0 Å². The van der Waals surface area contributed by atoms with E-state index < -0.39 is 5.41 Å². The molecule has 2 aliphatic rings. The van der Waals surface area contributed by atoms with E-state index in [1.165, 1.54) is 4.90 Å². The number of benzene rings is 1. The number of nitrogens with one attached hydrogen (secondary N) is 1. The molecule has 25 heavy (non-hydrogen) atoms. The highest BCUT2D eigenvalue weighted by Gasteiger charge is 2.34. The van der Waals surface area contributed by atoms with Gasteiger partial charge in [0, 0.05) is 19.3 Å². The first kappa shape index (κ1) is 17.3. The molecule has 0 saturated heterocycles. The van der Waals surface area contributed by atoms with Crippen molar-refractivity contribution in [3.8, 4) is 6.07 Å². The van der Waals surface area contributed by atoms with Crippen LogP contribution in [-0.4, -0.2) is 37.0 Å². The van der Waals surface area contributed by atoms with E-state index in [2.05, 4.69) is 11.4 Å². The van der Waals surface area contributed by atoms with Gasteiger partial charge in [-0.1, -0.05) is 37.5 Å². The predicted molar refractivity (Wildman–Crippen MR) is 94.8 cm³/mol. The molecule has 1 N–H and O–H groups in total. The maximum atomic E-state index is 12.6. The Morgan fingerprint density at radius 1 is 1.24 bits per heavy atom.